The molecule has 114 valence electrons. The van der Waals surface area contributed by atoms with E-state index in [0.29, 0.717) is 5.92 Å². The van der Waals surface area contributed by atoms with Crippen molar-refractivity contribution in [3.05, 3.63) is 34.4 Å². The number of hydrogen-bond donors (Lipinski definition) is 2. The van der Waals surface area contributed by atoms with Gasteiger partial charge >= 0.3 is 0 Å². The Morgan fingerprint density at radius 1 is 1.29 bits per heavy atom. The normalized spacial score (nSPS) is 36.7. The van der Waals surface area contributed by atoms with Crippen LogP contribution in [0.25, 0.3) is 0 Å². The molecule has 0 spiro atoms. The minimum absolute atomic E-state index is 0.0141. The lowest BCUT2D eigenvalue weighted by molar-refractivity contribution is -0.384. The van der Waals surface area contributed by atoms with E-state index >= 15 is 0 Å². The summed E-state index contributed by atoms with van der Waals surface area (Å²) in [5.74, 6) is 0.424. The van der Waals surface area contributed by atoms with E-state index in [1.807, 2.05) is 0 Å². The first-order valence-electron chi connectivity index (χ1n) is 7.46. The van der Waals surface area contributed by atoms with Crippen molar-refractivity contribution in [3.63, 3.8) is 0 Å². The number of nitro groups is 1. The van der Waals surface area contributed by atoms with Crippen LogP contribution in [-0.2, 0) is 0 Å². The van der Waals surface area contributed by atoms with Crippen molar-refractivity contribution in [1.82, 2.24) is 0 Å². The molecule has 3 rings (SSSR count). The van der Waals surface area contributed by atoms with E-state index in [4.69, 9.17) is 0 Å². The highest BCUT2D eigenvalue weighted by Crippen LogP contribution is 2.65. The molecule has 0 radical (unpaired) electrons. The van der Waals surface area contributed by atoms with Gasteiger partial charge in [0, 0.05) is 23.2 Å². The summed E-state index contributed by atoms with van der Waals surface area (Å²) in [4.78, 5) is 10.3. The van der Waals surface area contributed by atoms with Gasteiger partial charge in [-0.1, -0.05) is 20.8 Å². The fraction of sp³-hybridized carbons (Fsp3) is 0.625. The Labute approximate surface area is 124 Å². The Kier molecular flexibility index (Phi) is 3.03. The molecule has 2 fully saturated rings. The molecule has 0 saturated heterocycles. The summed E-state index contributed by atoms with van der Waals surface area (Å²) in [5.41, 5.74) is 0.957. The van der Waals surface area contributed by atoms with Gasteiger partial charge in [-0.25, -0.2) is 0 Å². The van der Waals surface area contributed by atoms with Gasteiger partial charge in [0.05, 0.1) is 17.1 Å². The number of hydrogen-bond acceptors (Lipinski definition) is 4. The second-order valence-electron chi connectivity index (χ2n) is 7.20. The predicted octanol–water partition coefficient (Wildman–Crippen LogP) is 3.19. The Balaban J connectivity index is 1.82. The lowest BCUT2D eigenvalue weighted by atomic mass is 9.70. The lowest BCUT2D eigenvalue weighted by Crippen LogP contribution is -2.43. The second-order valence-corrected chi connectivity index (χ2v) is 7.20. The summed E-state index contributed by atoms with van der Waals surface area (Å²) in [6.07, 6.45) is 1.79. The number of benzene rings is 1. The number of aliphatic hydroxyl groups excluding tert-OH is 1. The van der Waals surface area contributed by atoms with Crippen LogP contribution in [0.3, 0.4) is 0 Å². The highest BCUT2D eigenvalue weighted by Gasteiger charge is 2.65. The van der Waals surface area contributed by atoms with Gasteiger partial charge in [-0.2, -0.15) is 0 Å². The Bertz CT molecular complexity index is 569. The largest absolute Gasteiger partial charge is 0.390 e. The molecule has 4 atom stereocenters. The molecule has 0 amide bonds. The van der Waals surface area contributed by atoms with Crippen molar-refractivity contribution in [3.8, 4) is 0 Å². The molecule has 0 heterocycles. The summed E-state index contributed by atoms with van der Waals surface area (Å²) < 4.78 is 0. The molecule has 2 N–H and O–H groups in total. The van der Waals surface area contributed by atoms with E-state index in [9.17, 15) is 15.2 Å². The van der Waals surface area contributed by atoms with Gasteiger partial charge < -0.3 is 10.4 Å². The standard InChI is InChI=1S/C16H22N2O3/c1-15(2)12-8-9-16(15,3)14(19)13(12)17-10-4-6-11(7-5-10)18(20)21/h4-7,12-14,17,19H,8-9H2,1-3H3/t12-,13-,14-,16+/m1/s1. The van der Waals surface area contributed by atoms with E-state index in [-0.39, 0.29) is 28.7 Å². The molecule has 2 saturated carbocycles. The van der Waals surface area contributed by atoms with Crippen LogP contribution in [0.2, 0.25) is 0 Å². The Morgan fingerprint density at radius 3 is 2.38 bits per heavy atom. The summed E-state index contributed by atoms with van der Waals surface area (Å²) in [7, 11) is 0. The van der Waals surface area contributed by atoms with Crippen molar-refractivity contribution < 1.29 is 10.0 Å². The van der Waals surface area contributed by atoms with E-state index in [1.54, 1.807) is 12.1 Å². The Morgan fingerprint density at radius 2 is 1.90 bits per heavy atom. The van der Waals surface area contributed by atoms with Gasteiger partial charge in [-0.15, -0.1) is 0 Å². The molecule has 0 unspecified atom stereocenters. The van der Waals surface area contributed by atoms with Crippen molar-refractivity contribution in [1.29, 1.82) is 0 Å². The number of non-ortho nitro benzene ring substituents is 1. The van der Waals surface area contributed by atoms with Crippen LogP contribution in [0, 0.1) is 26.9 Å². The highest BCUT2D eigenvalue weighted by atomic mass is 16.6. The van der Waals surface area contributed by atoms with Crippen LogP contribution >= 0.6 is 0 Å². The summed E-state index contributed by atoms with van der Waals surface area (Å²) >= 11 is 0. The molecule has 2 bridgehead atoms. The first-order chi connectivity index (χ1) is 9.77. The van der Waals surface area contributed by atoms with Gasteiger partial charge in [0.1, 0.15) is 0 Å². The van der Waals surface area contributed by atoms with Crippen molar-refractivity contribution in [2.75, 3.05) is 5.32 Å². The first kappa shape index (κ1) is 14.3. The van der Waals surface area contributed by atoms with Crippen LogP contribution in [0.4, 0.5) is 11.4 Å². The maximum atomic E-state index is 10.7. The van der Waals surface area contributed by atoms with Gasteiger partial charge in [-0.05, 0) is 36.3 Å². The molecule has 2 aliphatic rings. The topological polar surface area (TPSA) is 75.4 Å². The molecule has 1 aromatic rings. The number of nitro benzene ring substituents is 1. The van der Waals surface area contributed by atoms with Crippen molar-refractivity contribution in [2.45, 2.75) is 45.8 Å². The minimum Gasteiger partial charge on any atom is -0.390 e. The second kappa shape index (κ2) is 4.44. The zero-order chi connectivity index (χ0) is 15.4. The van der Waals surface area contributed by atoms with Gasteiger partial charge in [0.2, 0.25) is 0 Å². The van der Waals surface area contributed by atoms with E-state index < -0.39 is 4.92 Å². The van der Waals surface area contributed by atoms with Crippen LogP contribution in [0.5, 0.6) is 0 Å². The quantitative estimate of drug-likeness (QED) is 0.662. The summed E-state index contributed by atoms with van der Waals surface area (Å²) in [6, 6.07) is 6.43. The van der Waals surface area contributed by atoms with Gasteiger partial charge in [0.15, 0.2) is 0 Å². The summed E-state index contributed by atoms with van der Waals surface area (Å²) in [6.45, 7) is 6.66. The number of nitrogens with one attached hydrogen (secondary N) is 1. The third kappa shape index (κ3) is 1.87. The van der Waals surface area contributed by atoms with E-state index in [0.717, 1.165) is 18.5 Å². The molecule has 5 nitrogen and oxygen atoms in total. The average molecular weight is 290 g/mol. The third-order valence-electron chi connectivity index (χ3n) is 6.21. The van der Waals surface area contributed by atoms with E-state index in [1.165, 1.54) is 12.1 Å². The number of anilines is 1. The number of rotatable bonds is 3. The molecule has 0 aliphatic heterocycles. The summed E-state index contributed by atoms with van der Waals surface area (Å²) in [5, 5.41) is 24.8. The molecule has 21 heavy (non-hydrogen) atoms. The molecular weight excluding hydrogens is 268 g/mol. The first-order valence-corrected chi connectivity index (χ1v) is 7.46. The monoisotopic (exact) mass is 290 g/mol. The molecule has 0 aromatic heterocycles. The van der Waals surface area contributed by atoms with E-state index in [2.05, 4.69) is 26.1 Å². The minimum atomic E-state index is -0.402. The maximum Gasteiger partial charge on any atom is 0.269 e. The highest BCUT2D eigenvalue weighted by molar-refractivity contribution is 5.50. The number of aliphatic hydroxyl groups is 1. The SMILES string of the molecule is CC1(C)[C@@H]2CC[C@@]1(C)[C@H](O)[C@@H]2Nc1ccc([N+](=O)[O-])cc1. The number of nitrogens with zero attached hydrogens (tertiary/aromatic N) is 1. The van der Waals surface area contributed by atoms with Crippen molar-refractivity contribution >= 4 is 11.4 Å². The van der Waals surface area contributed by atoms with Crippen LogP contribution < -0.4 is 5.32 Å². The van der Waals surface area contributed by atoms with Crippen LogP contribution in [-0.4, -0.2) is 22.2 Å². The smallest absolute Gasteiger partial charge is 0.269 e. The molecular formula is C16H22N2O3. The molecule has 2 aliphatic carbocycles. The average Bonchev–Trinajstić information content (AvgIpc) is 2.74. The fourth-order valence-corrected chi connectivity index (χ4v) is 4.39. The number of fused-ring (bicyclic) bond motifs is 2. The maximum absolute atomic E-state index is 10.7. The van der Waals surface area contributed by atoms with Crippen LogP contribution in [0.15, 0.2) is 24.3 Å². The Hall–Kier alpha value is -1.62. The molecule has 1 aromatic carbocycles. The third-order valence-corrected chi connectivity index (χ3v) is 6.21. The van der Waals surface area contributed by atoms with Crippen molar-refractivity contribution in [2.24, 2.45) is 16.7 Å². The molecule has 5 heteroatoms. The fourth-order valence-electron chi connectivity index (χ4n) is 4.39. The van der Waals surface area contributed by atoms with Crippen LogP contribution in [0.1, 0.15) is 33.6 Å². The zero-order valence-electron chi connectivity index (χ0n) is 12.7. The lowest BCUT2D eigenvalue weighted by Gasteiger charge is -2.37. The predicted molar refractivity (Wildman–Crippen MR) is 81.1 cm³/mol. The van der Waals surface area contributed by atoms with Gasteiger partial charge in [-0.3, -0.25) is 10.1 Å². The van der Waals surface area contributed by atoms with Gasteiger partial charge in [0.25, 0.3) is 5.69 Å². The zero-order valence-corrected chi connectivity index (χ0v) is 12.7.